The van der Waals surface area contributed by atoms with Crippen molar-refractivity contribution < 1.29 is 9.18 Å². The van der Waals surface area contributed by atoms with Crippen LogP contribution < -0.4 is 10.9 Å². The number of nitrogens with zero attached hydrogens (tertiary/aromatic N) is 3. The van der Waals surface area contributed by atoms with Crippen molar-refractivity contribution in [1.29, 1.82) is 5.26 Å². The van der Waals surface area contributed by atoms with Gasteiger partial charge in [0.15, 0.2) is 5.16 Å². The van der Waals surface area contributed by atoms with Crippen LogP contribution >= 0.6 is 11.8 Å². The fourth-order valence-electron chi connectivity index (χ4n) is 2.68. The molecule has 1 aromatic heterocycles. The van der Waals surface area contributed by atoms with E-state index in [1.54, 1.807) is 24.3 Å². The van der Waals surface area contributed by atoms with Crippen molar-refractivity contribution in [2.75, 3.05) is 12.3 Å². The van der Waals surface area contributed by atoms with E-state index in [9.17, 15) is 14.0 Å². The lowest BCUT2D eigenvalue weighted by molar-refractivity contribution is 0.0954. The number of carbonyl (C=O) groups excluding carboxylic acids is 1. The summed E-state index contributed by atoms with van der Waals surface area (Å²) >= 11 is 1.07. The Kier molecular flexibility index (Phi) is 6.06. The largest absolute Gasteiger partial charge is 0.352 e. The number of nitrogens with one attached hydrogen (secondary N) is 1. The van der Waals surface area contributed by atoms with Crippen LogP contribution in [0.15, 0.2) is 52.4 Å². The van der Waals surface area contributed by atoms with Crippen LogP contribution in [0.5, 0.6) is 0 Å². The van der Waals surface area contributed by atoms with Crippen LogP contribution in [0.2, 0.25) is 0 Å². The first-order valence-corrected chi connectivity index (χ1v) is 9.64. The number of hydrogen-bond acceptors (Lipinski definition) is 5. The Morgan fingerprint density at radius 3 is 2.86 bits per heavy atom. The average Bonchev–Trinajstić information content (AvgIpc) is 2.70. The van der Waals surface area contributed by atoms with Crippen LogP contribution in [0.1, 0.15) is 23.7 Å². The van der Waals surface area contributed by atoms with Crippen LogP contribution in [-0.2, 0) is 0 Å². The molecule has 8 heteroatoms. The van der Waals surface area contributed by atoms with E-state index in [4.69, 9.17) is 5.26 Å². The first kappa shape index (κ1) is 19.6. The van der Waals surface area contributed by atoms with E-state index in [2.05, 4.69) is 10.3 Å². The normalized spacial score (nSPS) is 10.6. The highest BCUT2D eigenvalue weighted by Crippen LogP contribution is 2.22. The van der Waals surface area contributed by atoms with Crippen molar-refractivity contribution in [3.8, 4) is 11.8 Å². The molecule has 0 saturated heterocycles. The third-order valence-electron chi connectivity index (χ3n) is 3.97. The Balaban J connectivity index is 2.18. The Bertz CT molecular complexity index is 1140. The van der Waals surface area contributed by atoms with Crippen molar-refractivity contribution in [2.45, 2.75) is 18.5 Å². The molecule has 142 valence electrons. The summed E-state index contributed by atoms with van der Waals surface area (Å²) < 4.78 is 15.0. The maximum atomic E-state index is 13.7. The lowest BCUT2D eigenvalue weighted by Crippen LogP contribution is -2.25. The topological polar surface area (TPSA) is 87.8 Å². The van der Waals surface area contributed by atoms with Gasteiger partial charge in [0.1, 0.15) is 5.82 Å². The van der Waals surface area contributed by atoms with Gasteiger partial charge in [0.05, 0.1) is 28.4 Å². The van der Waals surface area contributed by atoms with E-state index < -0.39 is 11.4 Å². The number of hydrogen-bond donors (Lipinski definition) is 1. The molecule has 3 rings (SSSR count). The maximum absolute atomic E-state index is 13.7. The van der Waals surface area contributed by atoms with Gasteiger partial charge in [-0.1, -0.05) is 24.8 Å². The van der Waals surface area contributed by atoms with Gasteiger partial charge < -0.3 is 5.32 Å². The number of carbonyl (C=O) groups is 1. The van der Waals surface area contributed by atoms with E-state index in [0.29, 0.717) is 28.7 Å². The summed E-state index contributed by atoms with van der Waals surface area (Å²) in [6, 6.07) is 12.3. The van der Waals surface area contributed by atoms with Crippen molar-refractivity contribution in [3.05, 3.63) is 64.2 Å². The van der Waals surface area contributed by atoms with Gasteiger partial charge in [-0.2, -0.15) is 5.26 Å². The molecule has 0 aliphatic heterocycles. The number of fused-ring (bicyclic) bond motifs is 1. The molecule has 0 saturated carbocycles. The van der Waals surface area contributed by atoms with E-state index in [0.717, 1.165) is 18.2 Å². The maximum Gasteiger partial charge on any atom is 0.266 e. The highest BCUT2D eigenvalue weighted by molar-refractivity contribution is 7.99. The highest BCUT2D eigenvalue weighted by Gasteiger charge is 2.15. The molecule has 0 spiro atoms. The van der Waals surface area contributed by atoms with Crippen LogP contribution in [0.25, 0.3) is 16.6 Å². The van der Waals surface area contributed by atoms with Crippen molar-refractivity contribution in [3.63, 3.8) is 0 Å². The zero-order chi connectivity index (χ0) is 20.1. The molecule has 0 fully saturated rings. The first-order chi connectivity index (χ1) is 13.5. The monoisotopic (exact) mass is 396 g/mol. The third kappa shape index (κ3) is 4.05. The molecule has 1 N–H and O–H groups in total. The molecule has 0 aliphatic carbocycles. The van der Waals surface area contributed by atoms with Gasteiger partial charge in [-0.3, -0.25) is 14.2 Å². The number of nitriles is 1. The van der Waals surface area contributed by atoms with Gasteiger partial charge >= 0.3 is 0 Å². The lowest BCUT2D eigenvalue weighted by atomic mass is 10.1. The second-order valence-electron chi connectivity index (χ2n) is 5.95. The average molecular weight is 396 g/mol. The molecule has 1 heterocycles. The zero-order valence-corrected chi connectivity index (χ0v) is 15.9. The molecular formula is C20H17FN4O2S. The highest BCUT2D eigenvalue weighted by atomic mass is 32.2. The molecule has 0 atom stereocenters. The minimum Gasteiger partial charge on any atom is -0.352 e. The summed E-state index contributed by atoms with van der Waals surface area (Å²) in [4.78, 5) is 29.8. The SMILES string of the molecule is CCCNC(=O)c1ccc2c(=O)n(-c3cccc(F)c3)c(SCC#N)nc2c1. The molecule has 1 amide bonds. The molecule has 0 radical (unpaired) electrons. The molecule has 0 bridgehead atoms. The van der Waals surface area contributed by atoms with Crippen molar-refractivity contribution in [2.24, 2.45) is 0 Å². The quantitative estimate of drug-likeness (QED) is 0.510. The Hall–Kier alpha value is -3.18. The number of aromatic nitrogens is 2. The minimum atomic E-state index is -0.483. The van der Waals surface area contributed by atoms with Gasteiger partial charge in [0.2, 0.25) is 0 Å². The molecule has 6 nitrogen and oxygen atoms in total. The third-order valence-corrected chi connectivity index (χ3v) is 4.77. The molecule has 0 aliphatic rings. The molecule has 2 aromatic carbocycles. The number of thioether (sulfide) groups is 1. The van der Waals surface area contributed by atoms with Gasteiger partial charge in [-0.15, -0.1) is 0 Å². The van der Waals surface area contributed by atoms with Gasteiger partial charge in [0.25, 0.3) is 11.5 Å². The van der Waals surface area contributed by atoms with Crippen LogP contribution in [0.4, 0.5) is 4.39 Å². The lowest BCUT2D eigenvalue weighted by Gasteiger charge is -2.13. The number of rotatable bonds is 6. The molecular weight excluding hydrogens is 379 g/mol. The van der Waals surface area contributed by atoms with E-state index >= 15 is 0 Å². The van der Waals surface area contributed by atoms with Crippen LogP contribution in [0, 0.1) is 17.1 Å². The predicted molar refractivity (Wildman–Crippen MR) is 106 cm³/mol. The fourth-order valence-corrected chi connectivity index (χ4v) is 3.36. The zero-order valence-electron chi connectivity index (χ0n) is 15.1. The van der Waals surface area contributed by atoms with E-state index in [1.807, 2.05) is 13.0 Å². The van der Waals surface area contributed by atoms with Crippen LogP contribution in [-0.4, -0.2) is 27.8 Å². The second-order valence-corrected chi connectivity index (χ2v) is 6.89. The van der Waals surface area contributed by atoms with E-state index in [1.165, 1.54) is 22.8 Å². The number of amides is 1. The molecule has 3 aromatic rings. The smallest absolute Gasteiger partial charge is 0.266 e. The summed E-state index contributed by atoms with van der Waals surface area (Å²) in [5, 5.41) is 12.3. The van der Waals surface area contributed by atoms with Crippen LogP contribution in [0.3, 0.4) is 0 Å². The summed E-state index contributed by atoms with van der Waals surface area (Å²) in [7, 11) is 0. The number of benzene rings is 2. The molecule has 28 heavy (non-hydrogen) atoms. The minimum absolute atomic E-state index is 0.0734. The summed E-state index contributed by atoms with van der Waals surface area (Å²) in [6.45, 7) is 2.50. The summed E-state index contributed by atoms with van der Waals surface area (Å²) in [6.07, 6.45) is 0.810. The summed E-state index contributed by atoms with van der Waals surface area (Å²) in [5.41, 5.74) is 0.677. The van der Waals surface area contributed by atoms with Gasteiger partial charge in [-0.05, 0) is 42.8 Å². The molecule has 0 unspecified atom stereocenters. The predicted octanol–water partition coefficient (Wildman–Crippen LogP) is 3.28. The van der Waals surface area contributed by atoms with Crippen molar-refractivity contribution in [1.82, 2.24) is 14.9 Å². The Labute approximate surface area is 165 Å². The van der Waals surface area contributed by atoms with Gasteiger partial charge in [-0.25, -0.2) is 9.37 Å². The fraction of sp³-hybridized carbons (Fsp3) is 0.200. The van der Waals surface area contributed by atoms with Gasteiger partial charge in [0, 0.05) is 12.1 Å². The van der Waals surface area contributed by atoms with E-state index in [-0.39, 0.29) is 16.8 Å². The first-order valence-electron chi connectivity index (χ1n) is 8.66. The standard InChI is InChI=1S/C20H17FN4O2S/c1-2-9-23-18(26)13-6-7-16-17(11-13)24-20(28-10-8-22)25(19(16)27)15-5-3-4-14(21)12-15/h3-7,11-12H,2,9-10H2,1H3,(H,23,26). The summed E-state index contributed by atoms with van der Waals surface area (Å²) in [5.74, 6) is -0.654. The van der Waals surface area contributed by atoms with Crippen molar-refractivity contribution >= 4 is 28.6 Å². The number of halogens is 1. The second kappa shape index (κ2) is 8.67. The Morgan fingerprint density at radius 1 is 1.32 bits per heavy atom. The Morgan fingerprint density at radius 2 is 2.14 bits per heavy atom.